The van der Waals surface area contributed by atoms with Crippen molar-refractivity contribution in [3.05, 3.63) is 33.8 Å². The van der Waals surface area contributed by atoms with E-state index in [0.29, 0.717) is 23.0 Å². The molecule has 0 spiro atoms. The SMILES string of the molecule is CC1(C)CCC(CN)(Cc2c(Cl)cccc2Cl)C1O. The van der Waals surface area contributed by atoms with E-state index in [9.17, 15) is 5.11 Å². The van der Waals surface area contributed by atoms with E-state index in [0.717, 1.165) is 18.4 Å². The van der Waals surface area contributed by atoms with E-state index in [1.54, 1.807) is 0 Å². The van der Waals surface area contributed by atoms with Crippen molar-refractivity contribution in [1.29, 1.82) is 0 Å². The Morgan fingerprint density at radius 3 is 2.26 bits per heavy atom. The summed E-state index contributed by atoms with van der Waals surface area (Å²) in [7, 11) is 0. The highest BCUT2D eigenvalue weighted by atomic mass is 35.5. The molecule has 1 aliphatic carbocycles. The lowest BCUT2D eigenvalue weighted by Gasteiger charge is -2.36. The summed E-state index contributed by atoms with van der Waals surface area (Å²) >= 11 is 12.5. The Hall–Kier alpha value is -0.280. The van der Waals surface area contributed by atoms with Crippen LogP contribution >= 0.6 is 23.2 Å². The summed E-state index contributed by atoms with van der Waals surface area (Å²) in [6.07, 6.45) is 2.07. The predicted molar refractivity (Wildman–Crippen MR) is 80.7 cm³/mol. The zero-order chi connectivity index (χ0) is 14.3. The Morgan fingerprint density at radius 2 is 1.84 bits per heavy atom. The average Bonchev–Trinajstić information content (AvgIpc) is 2.59. The second-order valence-electron chi connectivity index (χ2n) is 6.33. The van der Waals surface area contributed by atoms with Gasteiger partial charge in [-0.05, 0) is 42.4 Å². The molecule has 3 N–H and O–H groups in total. The van der Waals surface area contributed by atoms with E-state index < -0.39 is 6.10 Å². The molecule has 1 aromatic carbocycles. The van der Waals surface area contributed by atoms with Crippen molar-refractivity contribution in [3.8, 4) is 0 Å². The maximum atomic E-state index is 10.6. The third-order valence-corrected chi connectivity index (χ3v) is 5.29. The molecule has 0 saturated heterocycles. The highest BCUT2D eigenvalue weighted by Gasteiger charge is 2.51. The van der Waals surface area contributed by atoms with Gasteiger partial charge in [0.2, 0.25) is 0 Å². The average molecular weight is 302 g/mol. The molecular weight excluding hydrogens is 281 g/mol. The molecule has 1 fully saturated rings. The van der Waals surface area contributed by atoms with Gasteiger partial charge in [0.1, 0.15) is 0 Å². The molecule has 4 heteroatoms. The number of rotatable bonds is 3. The Labute approximate surface area is 124 Å². The van der Waals surface area contributed by atoms with Crippen LogP contribution in [0.25, 0.3) is 0 Å². The summed E-state index contributed by atoms with van der Waals surface area (Å²) in [6.45, 7) is 4.62. The van der Waals surface area contributed by atoms with Gasteiger partial charge >= 0.3 is 0 Å². The van der Waals surface area contributed by atoms with E-state index in [4.69, 9.17) is 28.9 Å². The lowest BCUT2D eigenvalue weighted by Crippen LogP contribution is -2.44. The van der Waals surface area contributed by atoms with E-state index >= 15 is 0 Å². The lowest BCUT2D eigenvalue weighted by molar-refractivity contribution is -0.00461. The Morgan fingerprint density at radius 1 is 1.26 bits per heavy atom. The second kappa shape index (κ2) is 5.25. The maximum absolute atomic E-state index is 10.6. The molecule has 0 amide bonds. The van der Waals surface area contributed by atoms with Crippen molar-refractivity contribution in [3.63, 3.8) is 0 Å². The van der Waals surface area contributed by atoms with Gasteiger partial charge in [-0.3, -0.25) is 0 Å². The summed E-state index contributed by atoms with van der Waals surface area (Å²) in [4.78, 5) is 0. The minimum Gasteiger partial charge on any atom is -0.392 e. The Balaban J connectivity index is 2.35. The topological polar surface area (TPSA) is 46.2 Å². The molecule has 0 aromatic heterocycles. The molecular formula is C15H21Cl2NO. The first-order valence-electron chi connectivity index (χ1n) is 6.63. The smallest absolute Gasteiger partial charge is 0.0662 e. The van der Waals surface area contributed by atoms with Gasteiger partial charge in [-0.2, -0.15) is 0 Å². The van der Waals surface area contributed by atoms with Crippen molar-refractivity contribution in [2.75, 3.05) is 6.54 Å². The van der Waals surface area contributed by atoms with Gasteiger partial charge in [-0.1, -0.05) is 43.1 Å². The molecule has 0 aliphatic heterocycles. The normalized spacial score (nSPS) is 29.7. The van der Waals surface area contributed by atoms with Crippen molar-refractivity contribution in [2.45, 2.75) is 39.2 Å². The first-order chi connectivity index (χ1) is 8.82. The monoisotopic (exact) mass is 301 g/mol. The Kier molecular flexibility index (Phi) is 4.18. The quantitative estimate of drug-likeness (QED) is 0.895. The van der Waals surface area contributed by atoms with Crippen LogP contribution in [0.4, 0.5) is 0 Å². The van der Waals surface area contributed by atoms with E-state index in [1.165, 1.54) is 0 Å². The number of aliphatic hydroxyl groups excluding tert-OH is 1. The zero-order valence-electron chi connectivity index (χ0n) is 11.4. The standard InChI is InChI=1S/C15H21Cl2NO/c1-14(2)6-7-15(9-18,13(14)19)8-10-11(16)4-3-5-12(10)17/h3-5,13,19H,6-9,18H2,1-2H3. The first kappa shape index (κ1) is 15.1. The summed E-state index contributed by atoms with van der Waals surface area (Å²) in [5.74, 6) is 0. The minimum absolute atomic E-state index is 0.104. The van der Waals surface area contributed by atoms with Crippen LogP contribution < -0.4 is 5.73 Å². The van der Waals surface area contributed by atoms with Crippen LogP contribution in [0, 0.1) is 10.8 Å². The number of hydrogen-bond donors (Lipinski definition) is 2. The van der Waals surface area contributed by atoms with Gasteiger partial charge in [0.05, 0.1) is 6.10 Å². The van der Waals surface area contributed by atoms with Gasteiger partial charge < -0.3 is 10.8 Å². The third-order valence-electron chi connectivity index (χ3n) is 4.58. The fourth-order valence-corrected chi connectivity index (χ4v) is 3.73. The molecule has 2 atom stereocenters. The van der Waals surface area contributed by atoms with Crippen LogP contribution in [0.3, 0.4) is 0 Å². The fourth-order valence-electron chi connectivity index (χ4n) is 3.20. The number of halogens is 2. The molecule has 0 heterocycles. The highest BCUT2D eigenvalue weighted by Crippen LogP contribution is 2.51. The van der Waals surface area contributed by atoms with Gasteiger partial charge in [0, 0.05) is 22.0 Å². The predicted octanol–water partition coefficient (Wildman–Crippen LogP) is 3.66. The first-order valence-corrected chi connectivity index (χ1v) is 7.39. The van der Waals surface area contributed by atoms with Gasteiger partial charge in [0.25, 0.3) is 0 Å². The fraction of sp³-hybridized carbons (Fsp3) is 0.600. The molecule has 0 radical (unpaired) electrons. The van der Waals surface area contributed by atoms with Gasteiger partial charge in [0.15, 0.2) is 0 Å². The number of aliphatic hydroxyl groups is 1. The van der Waals surface area contributed by atoms with Crippen molar-refractivity contribution in [1.82, 2.24) is 0 Å². The molecule has 19 heavy (non-hydrogen) atoms. The summed E-state index contributed by atoms with van der Waals surface area (Å²) < 4.78 is 0. The Bertz CT molecular complexity index is 455. The number of benzene rings is 1. The summed E-state index contributed by atoms with van der Waals surface area (Å²) in [5, 5.41) is 11.9. The maximum Gasteiger partial charge on any atom is 0.0662 e. The molecule has 0 bridgehead atoms. The zero-order valence-corrected chi connectivity index (χ0v) is 12.9. The van der Waals surface area contributed by atoms with Crippen molar-refractivity contribution < 1.29 is 5.11 Å². The van der Waals surface area contributed by atoms with Crippen LogP contribution in [-0.4, -0.2) is 17.8 Å². The molecule has 1 aromatic rings. The molecule has 2 nitrogen and oxygen atoms in total. The van der Waals surface area contributed by atoms with Crippen LogP contribution in [0.2, 0.25) is 10.0 Å². The number of nitrogens with two attached hydrogens (primary N) is 1. The molecule has 2 rings (SSSR count). The van der Waals surface area contributed by atoms with E-state index in [1.807, 2.05) is 18.2 Å². The lowest BCUT2D eigenvalue weighted by atomic mass is 9.74. The third kappa shape index (κ3) is 2.64. The van der Waals surface area contributed by atoms with Crippen LogP contribution in [0.1, 0.15) is 32.3 Å². The summed E-state index contributed by atoms with van der Waals surface area (Å²) in [5.41, 5.74) is 6.45. The molecule has 106 valence electrons. The molecule has 2 unspecified atom stereocenters. The van der Waals surface area contributed by atoms with Gasteiger partial charge in [-0.15, -0.1) is 0 Å². The summed E-state index contributed by atoms with van der Waals surface area (Å²) in [6, 6.07) is 5.50. The molecule has 1 aliphatic rings. The highest BCUT2D eigenvalue weighted by molar-refractivity contribution is 6.36. The largest absolute Gasteiger partial charge is 0.392 e. The van der Waals surface area contributed by atoms with Crippen LogP contribution in [0.15, 0.2) is 18.2 Å². The van der Waals surface area contributed by atoms with E-state index in [-0.39, 0.29) is 10.8 Å². The van der Waals surface area contributed by atoms with Crippen molar-refractivity contribution in [2.24, 2.45) is 16.6 Å². The van der Waals surface area contributed by atoms with Gasteiger partial charge in [-0.25, -0.2) is 0 Å². The van der Waals surface area contributed by atoms with Crippen LogP contribution in [-0.2, 0) is 6.42 Å². The van der Waals surface area contributed by atoms with Crippen molar-refractivity contribution >= 4 is 23.2 Å². The van der Waals surface area contributed by atoms with E-state index in [2.05, 4.69) is 13.8 Å². The number of hydrogen-bond acceptors (Lipinski definition) is 2. The minimum atomic E-state index is -0.433. The second-order valence-corrected chi connectivity index (χ2v) is 7.15. The molecule has 1 saturated carbocycles. The van der Waals surface area contributed by atoms with Crippen LogP contribution in [0.5, 0.6) is 0 Å².